The molecule has 0 aromatic carbocycles. The molecule has 5 heteroatoms. The quantitative estimate of drug-likeness (QED) is 0.680. The number of nitrogens with zero attached hydrogens (tertiary/aromatic N) is 4. The van der Waals surface area contributed by atoms with Crippen LogP contribution in [-0.2, 0) is 0 Å². The van der Waals surface area contributed by atoms with Crippen molar-refractivity contribution < 1.29 is 0 Å². The Kier molecular flexibility index (Phi) is 1.49. The number of hydrogen-bond donors (Lipinski definition) is 0. The molecule has 0 radical (unpaired) electrons. The molecule has 1 saturated carbocycles. The first-order valence-corrected chi connectivity index (χ1v) is 5.46. The van der Waals surface area contributed by atoms with E-state index >= 15 is 0 Å². The van der Waals surface area contributed by atoms with Gasteiger partial charge in [0.25, 0.3) is 0 Å². The Morgan fingerprint density at radius 2 is 2.23 bits per heavy atom. The lowest BCUT2D eigenvalue weighted by Gasteiger charge is -2.09. The molecular weight excluding hydrogens is 184 g/mol. The molecule has 1 aliphatic carbocycles. The SMILES string of the molecule is CC1=Nn2c(nnc2C2CC2)SC1. The van der Waals surface area contributed by atoms with Crippen molar-refractivity contribution in [2.45, 2.75) is 30.8 Å². The highest BCUT2D eigenvalue weighted by molar-refractivity contribution is 7.99. The number of hydrogen-bond acceptors (Lipinski definition) is 4. The van der Waals surface area contributed by atoms with Crippen molar-refractivity contribution in [1.29, 1.82) is 0 Å². The summed E-state index contributed by atoms with van der Waals surface area (Å²) in [6.07, 6.45) is 2.49. The van der Waals surface area contributed by atoms with E-state index in [0.717, 1.165) is 22.4 Å². The predicted molar refractivity (Wildman–Crippen MR) is 51.2 cm³/mol. The largest absolute Gasteiger partial charge is 0.212 e. The van der Waals surface area contributed by atoms with Crippen LogP contribution in [0.3, 0.4) is 0 Å². The minimum absolute atomic E-state index is 0.622. The first kappa shape index (κ1) is 7.55. The Labute approximate surface area is 80.4 Å². The van der Waals surface area contributed by atoms with E-state index in [2.05, 4.69) is 15.3 Å². The molecule has 1 aliphatic heterocycles. The molecule has 1 aromatic rings. The van der Waals surface area contributed by atoms with Crippen LogP contribution in [0.2, 0.25) is 0 Å². The second kappa shape index (κ2) is 2.57. The average molecular weight is 194 g/mol. The molecule has 0 amide bonds. The highest BCUT2D eigenvalue weighted by atomic mass is 32.2. The summed E-state index contributed by atoms with van der Waals surface area (Å²) in [6, 6.07) is 0. The lowest BCUT2D eigenvalue weighted by molar-refractivity contribution is 0.708. The Bertz CT molecular complexity index is 377. The van der Waals surface area contributed by atoms with Crippen molar-refractivity contribution in [2.24, 2.45) is 5.10 Å². The lowest BCUT2D eigenvalue weighted by Crippen LogP contribution is -2.09. The molecule has 4 nitrogen and oxygen atoms in total. The Morgan fingerprint density at radius 1 is 1.38 bits per heavy atom. The van der Waals surface area contributed by atoms with E-state index in [1.54, 1.807) is 11.8 Å². The van der Waals surface area contributed by atoms with Crippen molar-refractivity contribution in [3.63, 3.8) is 0 Å². The van der Waals surface area contributed by atoms with E-state index in [1.165, 1.54) is 12.8 Å². The van der Waals surface area contributed by atoms with Crippen molar-refractivity contribution in [3.8, 4) is 0 Å². The smallest absolute Gasteiger partial charge is 0.191 e. The zero-order valence-electron chi connectivity index (χ0n) is 7.40. The molecule has 0 spiro atoms. The van der Waals surface area contributed by atoms with Crippen molar-refractivity contribution in [2.75, 3.05) is 5.75 Å². The zero-order valence-corrected chi connectivity index (χ0v) is 8.21. The molecule has 3 rings (SSSR count). The van der Waals surface area contributed by atoms with Crippen LogP contribution in [0.15, 0.2) is 10.3 Å². The predicted octanol–water partition coefficient (Wildman–Crippen LogP) is 1.49. The van der Waals surface area contributed by atoms with Gasteiger partial charge in [-0.25, -0.2) is 0 Å². The third-order valence-electron chi connectivity index (χ3n) is 2.26. The van der Waals surface area contributed by atoms with Gasteiger partial charge in [-0.2, -0.15) is 9.78 Å². The molecule has 0 bridgehead atoms. The van der Waals surface area contributed by atoms with Crippen LogP contribution in [0.25, 0.3) is 0 Å². The van der Waals surface area contributed by atoms with Gasteiger partial charge in [-0.15, -0.1) is 10.2 Å². The summed E-state index contributed by atoms with van der Waals surface area (Å²) in [5.41, 5.74) is 1.15. The van der Waals surface area contributed by atoms with Gasteiger partial charge in [0.1, 0.15) is 0 Å². The highest BCUT2D eigenvalue weighted by Gasteiger charge is 2.31. The molecule has 2 heterocycles. The molecule has 0 saturated heterocycles. The minimum atomic E-state index is 0.622. The number of thioether (sulfide) groups is 1. The van der Waals surface area contributed by atoms with Crippen LogP contribution in [0, 0.1) is 0 Å². The maximum Gasteiger partial charge on any atom is 0.212 e. The maximum absolute atomic E-state index is 4.45. The fourth-order valence-corrected chi connectivity index (χ4v) is 2.18. The van der Waals surface area contributed by atoms with Gasteiger partial charge >= 0.3 is 0 Å². The van der Waals surface area contributed by atoms with Crippen molar-refractivity contribution in [3.05, 3.63) is 5.82 Å². The van der Waals surface area contributed by atoms with Crippen molar-refractivity contribution in [1.82, 2.24) is 14.9 Å². The third kappa shape index (κ3) is 1.18. The van der Waals surface area contributed by atoms with Crippen LogP contribution in [0.1, 0.15) is 31.5 Å². The van der Waals surface area contributed by atoms with Gasteiger partial charge in [-0.05, 0) is 19.8 Å². The summed E-state index contributed by atoms with van der Waals surface area (Å²) in [6.45, 7) is 2.05. The van der Waals surface area contributed by atoms with E-state index < -0.39 is 0 Å². The van der Waals surface area contributed by atoms with Crippen LogP contribution >= 0.6 is 11.8 Å². The van der Waals surface area contributed by atoms with Crippen LogP contribution < -0.4 is 0 Å². The maximum atomic E-state index is 4.45. The summed E-state index contributed by atoms with van der Waals surface area (Å²) >= 11 is 1.72. The van der Waals surface area contributed by atoms with Crippen LogP contribution in [0.4, 0.5) is 0 Å². The summed E-state index contributed by atoms with van der Waals surface area (Å²) in [7, 11) is 0. The van der Waals surface area contributed by atoms with Gasteiger partial charge in [0.2, 0.25) is 5.16 Å². The van der Waals surface area contributed by atoms with E-state index in [-0.39, 0.29) is 0 Å². The molecular formula is C8H10N4S. The molecule has 13 heavy (non-hydrogen) atoms. The molecule has 0 unspecified atom stereocenters. The third-order valence-corrected chi connectivity index (χ3v) is 3.33. The molecule has 0 N–H and O–H groups in total. The van der Waals surface area contributed by atoms with Crippen molar-refractivity contribution >= 4 is 17.5 Å². The molecule has 1 fully saturated rings. The van der Waals surface area contributed by atoms with Crippen LogP contribution in [0.5, 0.6) is 0 Å². The second-order valence-corrected chi connectivity index (χ2v) is 4.49. The van der Waals surface area contributed by atoms with E-state index in [4.69, 9.17) is 0 Å². The first-order valence-electron chi connectivity index (χ1n) is 4.47. The topological polar surface area (TPSA) is 43.1 Å². The zero-order chi connectivity index (χ0) is 8.84. The Balaban J connectivity index is 2.10. The van der Waals surface area contributed by atoms with E-state index in [1.807, 2.05) is 11.6 Å². The van der Waals surface area contributed by atoms with Gasteiger partial charge in [0.05, 0.1) is 0 Å². The fraction of sp³-hybridized carbons (Fsp3) is 0.625. The average Bonchev–Trinajstić information content (AvgIpc) is 2.87. The van der Waals surface area contributed by atoms with Gasteiger partial charge in [-0.1, -0.05) is 11.8 Å². The standard InChI is InChI=1S/C8H10N4S/c1-5-4-13-8-10-9-7(6-2-3-6)12(8)11-5/h6H,2-4H2,1H3. The number of fused-ring (bicyclic) bond motifs is 1. The summed E-state index contributed by atoms with van der Waals surface area (Å²) < 4.78 is 1.92. The lowest BCUT2D eigenvalue weighted by atomic mass is 10.4. The Hall–Kier alpha value is -0.840. The summed E-state index contributed by atoms with van der Waals surface area (Å²) in [4.78, 5) is 0. The number of aromatic nitrogens is 3. The number of rotatable bonds is 1. The molecule has 1 aromatic heterocycles. The normalized spacial score (nSPS) is 21.2. The summed E-state index contributed by atoms with van der Waals surface area (Å²) in [5.74, 6) is 2.63. The fourth-order valence-electron chi connectivity index (χ4n) is 1.43. The second-order valence-electron chi connectivity index (χ2n) is 3.55. The van der Waals surface area contributed by atoms with E-state index in [9.17, 15) is 0 Å². The summed E-state index contributed by atoms with van der Waals surface area (Å²) in [5, 5.41) is 13.7. The molecule has 68 valence electrons. The highest BCUT2D eigenvalue weighted by Crippen LogP contribution is 2.40. The molecule has 0 atom stereocenters. The van der Waals surface area contributed by atoms with E-state index in [0.29, 0.717) is 5.92 Å². The van der Waals surface area contributed by atoms with Gasteiger partial charge < -0.3 is 0 Å². The van der Waals surface area contributed by atoms with Gasteiger partial charge in [0, 0.05) is 17.4 Å². The van der Waals surface area contributed by atoms with Gasteiger partial charge in [0.15, 0.2) is 5.82 Å². The van der Waals surface area contributed by atoms with Gasteiger partial charge in [-0.3, -0.25) is 0 Å². The molecule has 2 aliphatic rings. The first-order chi connectivity index (χ1) is 6.34. The minimum Gasteiger partial charge on any atom is -0.191 e. The monoisotopic (exact) mass is 194 g/mol. The van der Waals surface area contributed by atoms with Crippen LogP contribution in [-0.4, -0.2) is 26.3 Å². The Morgan fingerprint density at radius 3 is 3.00 bits per heavy atom.